The van der Waals surface area contributed by atoms with Gasteiger partial charge in [-0.3, -0.25) is 4.79 Å². The molecular weight excluding hydrogens is 416 g/mol. The zero-order valence-corrected chi connectivity index (χ0v) is 23.8. The number of hydrogen-bond donors (Lipinski definition) is 0. The highest BCUT2D eigenvalue weighted by Gasteiger charge is 2.02. The molecule has 2 nitrogen and oxygen atoms in total. The van der Waals surface area contributed by atoms with Crippen LogP contribution in [0.4, 0.5) is 0 Å². The first-order valence-electron chi connectivity index (χ1n) is 16.0. The molecule has 0 atom stereocenters. The molecule has 0 saturated carbocycles. The van der Waals surface area contributed by atoms with Crippen LogP contribution in [0.1, 0.15) is 194 Å². The van der Waals surface area contributed by atoms with E-state index in [9.17, 15) is 4.79 Å². The molecule has 0 aromatic heterocycles. The summed E-state index contributed by atoms with van der Waals surface area (Å²) in [6, 6.07) is 0. The van der Waals surface area contributed by atoms with Crippen LogP contribution in [0.15, 0.2) is 0 Å². The van der Waals surface area contributed by atoms with Gasteiger partial charge in [-0.1, -0.05) is 174 Å². The summed E-state index contributed by atoms with van der Waals surface area (Å²) in [7, 11) is 0. The molecule has 0 aliphatic rings. The summed E-state index contributed by atoms with van der Waals surface area (Å²) in [5.74, 6) is 0.0241. The molecule has 0 aliphatic heterocycles. The summed E-state index contributed by atoms with van der Waals surface area (Å²) in [6.07, 6.45) is 37.2. The standard InChI is InChI=1S/C32H64O2/c1-3-5-7-9-11-13-14-15-16-17-18-19-20-21-22-24-26-28-30-32(33)34-31-29-27-25-23-12-10-8-6-4-2/h3-31H2,1-2H3. The maximum absolute atomic E-state index is 11.8. The second kappa shape index (κ2) is 30.5. The molecule has 0 unspecified atom stereocenters. The van der Waals surface area contributed by atoms with Crippen LogP contribution in [0.25, 0.3) is 0 Å². The maximum atomic E-state index is 11.8. The highest BCUT2D eigenvalue weighted by Crippen LogP contribution is 2.15. The van der Waals surface area contributed by atoms with E-state index in [0.29, 0.717) is 13.0 Å². The van der Waals surface area contributed by atoms with E-state index in [1.54, 1.807) is 0 Å². The zero-order chi connectivity index (χ0) is 24.8. The first kappa shape index (κ1) is 33.5. The van der Waals surface area contributed by atoms with Crippen molar-refractivity contribution < 1.29 is 9.53 Å². The summed E-state index contributed by atoms with van der Waals surface area (Å²) in [4.78, 5) is 11.8. The monoisotopic (exact) mass is 480 g/mol. The normalized spacial score (nSPS) is 11.2. The van der Waals surface area contributed by atoms with Gasteiger partial charge >= 0.3 is 5.97 Å². The average molecular weight is 481 g/mol. The van der Waals surface area contributed by atoms with Gasteiger partial charge in [0.05, 0.1) is 6.61 Å². The molecular formula is C32H64O2. The number of rotatable bonds is 29. The molecule has 0 bridgehead atoms. The van der Waals surface area contributed by atoms with E-state index in [-0.39, 0.29) is 5.97 Å². The number of carbonyl (C=O) groups excluding carboxylic acids is 1. The molecule has 0 amide bonds. The van der Waals surface area contributed by atoms with E-state index in [0.717, 1.165) is 12.8 Å². The lowest BCUT2D eigenvalue weighted by Crippen LogP contribution is -2.05. The fourth-order valence-corrected chi connectivity index (χ4v) is 4.84. The molecule has 0 aromatic rings. The van der Waals surface area contributed by atoms with Gasteiger partial charge in [0.2, 0.25) is 0 Å². The Hall–Kier alpha value is -0.530. The number of ether oxygens (including phenoxy) is 1. The lowest BCUT2D eigenvalue weighted by atomic mass is 10.0. The molecule has 0 heterocycles. The largest absolute Gasteiger partial charge is 0.466 e. The lowest BCUT2D eigenvalue weighted by molar-refractivity contribution is -0.143. The quantitative estimate of drug-likeness (QED) is 0.0785. The van der Waals surface area contributed by atoms with Crippen molar-refractivity contribution in [3.8, 4) is 0 Å². The van der Waals surface area contributed by atoms with Gasteiger partial charge in [-0.15, -0.1) is 0 Å². The maximum Gasteiger partial charge on any atom is 0.305 e. The van der Waals surface area contributed by atoms with E-state index in [2.05, 4.69) is 13.8 Å². The Morgan fingerprint density at radius 3 is 0.971 bits per heavy atom. The number of esters is 1. The summed E-state index contributed by atoms with van der Waals surface area (Å²) < 4.78 is 5.40. The van der Waals surface area contributed by atoms with E-state index in [1.165, 1.54) is 161 Å². The molecule has 0 aliphatic carbocycles. The zero-order valence-electron chi connectivity index (χ0n) is 23.8. The van der Waals surface area contributed by atoms with Crippen LogP contribution in [0.3, 0.4) is 0 Å². The van der Waals surface area contributed by atoms with E-state index >= 15 is 0 Å². The molecule has 0 radical (unpaired) electrons. The molecule has 34 heavy (non-hydrogen) atoms. The SMILES string of the molecule is CCCCCCCCCCCCCCCCCCCCC(=O)OCCCCCCCCCCC. The van der Waals surface area contributed by atoms with Crippen LogP contribution in [0.5, 0.6) is 0 Å². The third-order valence-corrected chi connectivity index (χ3v) is 7.25. The molecule has 0 aromatic carbocycles. The Morgan fingerprint density at radius 1 is 0.382 bits per heavy atom. The minimum Gasteiger partial charge on any atom is -0.466 e. The van der Waals surface area contributed by atoms with E-state index < -0.39 is 0 Å². The minimum atomic E-state index is 0.0241. The van der Waals surface area contributed by atoms with Crippen LogP contribution in [0, 0.1) is 0 Å². The molecule has 0 N–H and O–H groups in total. The Balaban J connectivity index is 3.12. The van der Waals surface area contributed by atoms with Crippen LogP contribution in [0.2, 0.25) is 0 Å². The summed E-state index contributed by atoms with van der Waals surface area (Å²) in [5.41, 5.74) is 0. The minimum absolute atomic E-state index is 0.0241. The van der Waals surface area contributed by atoms with Crippen LogP contribution < -0.4 is 0 Å². The van der Waals surface area contributed by atoms with E-state index in [4.69, 9.17) is 4.74 Å². The van der Waals surface area contributed by atoms with Crippen molar-refractivity contribution in [2.45, 2.75) is 194 Å². The van der Waals surface area contributed by atoms with Crippen LogP contribution >= 0.6 is 0 Å². The molecule has 0 saturated heterocycles. The van der Waals surface area contributed by atoms with Crippen LogP contribution in [-0.2, 0) is 9.53 Å². The molecule has 0 fully saturated rings. The van der Waals surface area contributed by atoms with Crippen LogP contribution in [-0.4, -0.2) is 12.6 Å². The Bertz CT molecular complexity index is 379. The third kappa shape index (κ3) is 29.5. The molecule has 204 valence electrons. The van der Waals surface area contributed by atoms with Gasteiger partial charge in [-0.25, -0.2) is 0 Å². The number of hydrogen-bond acceptors (Lipinski definition) is 2. The third-order valence-electron chi connectivity index (χ3n) is 7.25. The van der Waals surface area contributed by atoms with Gasteiger partial charge in [-0.2, -0.15) is 0 Å². The Morgan fingerprint density at radius 2 is 0.647 bits per heavy atom. The van der Waals surface area contributed by atoms with E-state index in [1.807, 2.05) is 0 Å². The Kier molecular flexibility index (Phi) is 30.0. The highest BCUT2D eigenvalue weighted by atomic mass is 16.5. The lowest BCUT2D eigenvalue weighted by Gasteiger charge is -2.06. The van der Waals surface area contributed by atoms with Crippen molar-refractivity contribution in [1.29, 1.82) is 0 Å². The summed E-state index contributed by atoms with van der Waals surface area (Å²) in [5, 5.41) is 0. The second-order valence-corrected chi connectivity index (χ2v) is 10.8. The first-order chi connectivity index (χ1) is 16.8. The number of unbranched alkanes of at least 4 members (excludes halogenated alkanes) is 25. The molecule has 0 spiro atoms. The fraction of sp³-hybridized carbons (Fsp3) is 0.969. The number of carbonyl (C=O) groups is 1. The van der Waals surface area contributed by atoms with Gasteiger partial charge in [0.15, 0.2) is 0 Å². The van der Waals surface area contributed by atoms with Crippen molar-refractivity contribution in [1.82, 2.24) is 0 Å². The van der Waals surface area contributed by atoms with Gasteiger partial charge < -0.3 is 4.74 Å². The smallest absolute Gasteiger partial charge is 0.305 e. The molecule has 0 rings (SSSR count). The van der Waals surface area contributed by atoms with Crippen molar-refractivity contribution in [2.75, 3.05) is 6.61 Å². The predicted octanol–water partition coefficient (Wildman–Crippen LogP) is 11.5. The van der Waals surface area contributed by atoms with Crippen molar-refractivity contribution in [3.63, 3.8) is 0 Å². The first-order valence-corrected chi connectivity index (χ1v) is 16.0. The fourth-order valence-electron chi connectivity index (χ4n) is 4.84. The van der Waals surface area contributed by atoms with Gasteiger partial charge in [0, 0.05) is 6.42 Å². The van der Waals surface area contributed by atoms with Gasteiger partial charge in [-0.05, 0) is 12.8 Å². The van der Waals surface area contributed by atoms with Gasteiger partial charge in [0.1, 0.15) is 0 Å². The average Bonchev–Trinajstić information content (AvgIpc) is 2.84. The Labute approximate surface area is 215 Å². The van der Waals surface area contributed by atoms with Crippen molar-refractivity contribution in [2.24, 2.45) is 0 Å². The summed E-state index contributed by atoms with van der Waals surface area (Å²) in [6.45, 7) is 5.19. The highest BCUT2D eigenvalue weighted by molar-refractivity contribution is 5.69. The predicted molar refractivity (Wildman–Crippen MR) is 152 cm³/mol. The molecule has 2 heteroatoms. The summed E-state index contributed by atoms with van der Waals surface area (Å²) >= 11 is 0. The van der Waals surface area contributed by atoms with Crippen molar-refractivity contribution >= 4 is 5.97 Å². The van der Waals surface area contributed by atoms with Gasteiger partial charge in [0.25, 0.3) is 0 Å². The van der Waals surface area contributed by atoms with Crippen molar-refractivity contribution in [3.05, 3.63) is 0 Å². The second-order valence-electron chi connectivity index (χ2n) is 10.8. The topological polar surface area (TPSA) is 26.3 Å².